The van der Waals surface area contributed by atoms with Gasteiger partial charge < -0.3 is 14.4 Å². The van der Waals surface area contributed by atoms with Crippen LogP contribution in [0.4, 0.5) is 0 Å². The Bertz CT molecular complexity index is 721. The minimum atomic E-state index is 0.229. The molecule has 1 aromatic heterocycles. The van der Waals surface area contributed by atoms with Gasteiger partial charge in [0.2, 0.25) is 5.16 Å². The molecule has 1 saturated heterocycles. The first-order valence-electron chi connectivity index (χ1n) is 9.08. The summed E-state index contributed by atoms with van der Waals surface area (Å²) in [5, 5.41) is 13.0. The van der Waals surface area contributed by atoms with Crippen LogP contribution in [0.25, 0.3) is 5.69 Å². The van der Waals surface area contributed by atoms with Crippen LogP contribution in [-0.4, -0.2) is 65.4 Å². The highest BCUT2D eigenvalue weighted by Gasteiger charge is 2.25. The molecule has 142 valence electrons. The van der Waals surface area contributed by atoms with Gasteiger partial charge in [0.15, 0.2) is 0 Å². The Hall–Kier alpha value is -1.64. The number of aromatic nitrogens is 4. The van der Waals surface area contributed by atoms with Gasteiger partial charge in [0.25, 0.3) is 0 Å². The Morgan fingerprint density at radius 1 is 1.42 bits per heavy atom. The minimum absolute atomic E-state index is 0.229. The van der Waals surface area contributed by atoms with Crippen LogP contribution >= 0.6 is 11.8 Å². The van der Waals surface area contributed by atoms with Crippen molar-refractivity contribution in [1.82, 2.24) is 20.2 Å². The molecule has 1 aliphatic heterocycles. The van der Waals surface area contributed by atoms with E-state index in [1.807, 2.05) is 25.1 Å². The first-order chi connectivity index (χ1) is 12.6. The van der Waals surface area contributed by atoms with E-state index in [9.17, 15) is 0 Å². The largest absolute Gasteiger partial charge is 0.494 e. The van der Waals surface area contributed by atoms with Crippen molar-refractivity contribution in [2.75, 3.05) is 39.1 Å². The number of tetrazole rings is 1. The highest BCUT2D eigenvalue weighted by atomic mass is 32.2. The smallest absolute Gasteiger partial charge is 0.214 e. The van der Waals surface area contributed by atoms with Crippen LogP contribution in [0.5, 0.6) is 5.75 Å². The molecule has 0 spiro atoms. The fourth-order valence-corrected chi connectivity index (χ4v) is 4.18. The molecule has 26 heavy (non-hydrogen) atoms. The molecule has 2 heterocycles. The van der Waals surface area contributed by atoms with Crippen LogP contribution in [0.1, 0.15) is 19.4 Å². The molecule has 8 heteroatoms. The summed E-state index contributed by atoms with van der Waals surface area (Å²) < 4.78 is 13.2. The standard InChI is InChI=1S/C18H27N5O2S/c1-13(2)10-22-7-8-25-15(11-22)12-26-18-19-20-21-23(18)16-9-14(3)5-6-17(16)24-4/h5-6,9,13,15H,7-8,10-12H2,1-4H3/p+1/t15-/m0/s1. The van der Waals surface area contributed by atoms with E-state index >= 15 is 0 Å². The lowest BCUT2D eigenvalue weighted by molar-refractivity contribution is -0.914. The van der Waals surface area contributed by atoms with E-state index in [2.05, 4.69) is 29.4 Å². The lowest BCUT2D eigenvalue weighted by Crippen LogP contribution is -3.15. The zero-order valence-electron chi connectivity index (χ0n) is 15.9. The maximum absolute atomic E-state index is 5.95. The summed E-state index contributed by atoms with van der Waals surface area (Å²) >= 11 is 1.63. The van der Waals surface area contributed by atoms with Crippen LogP contribution in [0.3, 0.4) is 0 Å². The third-order valence-electron chi connectivity index (χ3n) is 4.42. The molecule has 1 aliphatic rings. The molecule has 0 radical (unpaired) electrons. The van der Waals surface area contributed by atoms with Gasteiger partial charge in [-0.3, -0.25) is 0 Å². The van der Waals surface area contributed by atoms with E-state index in [-0.39, 0.29) is 6.10 Å². The Labute approximate surface area is 159 Å². The highest BCUT2D eigenvalue weighted by Crippen LogP contribution is 2.27. The average Bonchev–Trinajstić information content (AvgIpc) is 3.08. The number of nitrogens with one attached hydrogen (secondary N) is 1. The number of hydrogen-bond acceptors (Lipinski definition) is 6. The molecule has 2 aromatic rings. The monoisotopic (exact) mass is 378 g/mol. The highest BCUT2D eigenvalue weighted by molar-refractivity contribution is 7.99. The number of benzene rings is 1. The molecule has 1 N–H and O–H groups in total. The van der Waals surface area contributed by atoms with E-state index in [1.54, 1.807) is 28.5 Å². The van der Waals surface area contributed by atoms with E-state index in [1.165, 1.54) is 6.54 Å². The fourth-order valence-electron chi connectivity index (χ4n) is 3.28. The Morgan fingerprint density at radius 3 is 3.04 bits per heavy atom. The van der Waals surface area contributed by atoms with Crippen molar-refractivity contribution in [1.29, 1.82) is 0 Å². The summed E-state index contributed by atoms with van der Waals surface area (Å²) in [6, 6.07) is 5.99. The van der Waals surface area contributed by atoms with Crippen LogP contribution in [0.15, 0.2) is 23.4 Å². The number of methoxy groups -OCH3 is 1. The number of rotatable bonds is 7. The van der Waals surface area contributed by atoms with Crippen molar-refractivity contribution in [2.45, 2.75) is 32.0 Å². The second-order valence-corrected chi connectivity index (χ2v) is 8.14. The minimum Gasteiger partial charge on any atom is -0.494 e. The van der Waals surface area contributed by atoms with Gasteiger partial charge >= 0.3 is 0 Å². The van der Waals surface area contributed by atoms with E-state index < -0.39 is 0 Å². The van der Waals surface area contributed by atoms with Gasteiger partial charge in [-0.1, -0.05) is 31.7 Å². The predicted octanol–water partition coefficient (Wildman–Crippen LogP) is 1.01. The summed E-state index contributed by atoms with van der Waals surface area (Å²) in [5.74, 6) is 2.31. The van der Waals surface area contributed by atoms with Gasteiger partial charge in [0, 0.05) is 11.7 Å². The number of thioether (sulfide) groups is 1. The lowest BCUT2D eigenvalue weighted by atomic mass is 10.2. The zero-order valence-corrected chi connectivity index (χ0v) is 16.8. The lowest BCUT2D eigenvalue weighted by Gasteiger charge is -2.30. The number of hydrogen-bond donors (Lipinski definition) is 1. The first-order valence-corrected chi connectivity index (χ1v) is 10.1. The number of ether oxygens (including phenoxy) is 2. The van der Waals surface area contributed by atoms with Crippen molar-refractivity contribution in [3.05, 3.63) is 23.8 Å². The quantitative estimate of drug-likeness (QED) is 0.726. The molecule has 0 aliphatic carbocycles. The van der Waals surface area contributed by atoms with Crippen LogP contribution < -0.4 is 9.64 Å². The number of nitrogens with zero attached hydrogens (tertiary/aromatic N) is 4. The average molecular weight is 379 g/mol. The van der Waals surface area contributed by atoms with Crippen LogP contribution in [-0.2, 0) is 4.74 Å². The summed E-state index contributed by atoms with van der Waals surface area (Å²) in [6.07, 6.45) is 0.229. The van der Waals surface area contributed by atoms with Crippen molar-refractivity contribution in [2.24, 2.45) is 5.92 Å². The van der Waals surface area contributed by atoms with Crippen molar-refractivity contribution in [3.63, 3.8) is 0 Å². The van der Waals surface area contributed by atoms with E-state index in [0.29, 0.717) is 5.92 Å². The first kappa shape index (κ1) is 19.1. The second-order valence-electron chi connectivity index (χ2n) is 7.15. The summed E-state index contributed by atoms with van der Waals surface area (Å²) in [5.41, 5.74) is 1.99. The molecule has 1 fully saturated rings. The predicted molar refractivity (Wildman–Crippen MR) is 101 cm³/mol. The Balaban J connectivity index is 1.67. The maximum atomic E-state index is 5.95. The Morgan fingerprint density at radius 2 is 2.27 bits per heavy atom. The van der Waals surface area contributed by atoms with Crippen molar-refractivity contribution in [3.8, 4) is 11.4 Å². The van der Waals surface area contributed by atoms with Gasteiger partial charge in [-0.2, -0.15) is 4.68 Å². The van der Waals surface area contributed by atoms with Gasteiger partial charge in [-0.05, 0) is 35.0 Å². The molecule has 0 saturated carbocycles. The van der Waals surface area contributed by atoms with Crippen molar-refractivity contribution >= 4 is 11.8 Å². The van der Waals surface area contributed by atoms with Crippen molar-refractivity contribution < 1.29 is 14.4 Å². The van der Waals surface area contributed by atoms with Gasteiger partial charge in [-0.15, -0.1) is 5.10 Å². The second kappa shape index (κ2) is 8.83. The number of morpholine rings is 1. The molecule has 1 aromatic carbocycles. The van der Waals surface area contributed by atoms with E-state index in [0.717, 1.165) is 47.6 Å². The summed E-state index contributed by atoms with van der Waals surface area (Å²) in [6.45, 7) is 10.7. The number of aryl methyl sites for hydroxylation is 1. The normalized spacial score (nSPS) is 20.5. The maximum Gasteiger partial charge on any atom is 0.214 e. The van der Waals surface area contributed by atoms with Crippen LogP contribution in [0.2, 0.25) is 0 Å². The molecule has 7 nitrogen and oxygen atoms in total. The molecule has 3 rings (SSSR count). The van der Waals surface area contributed by atoms with Gasteiger partial charge in [0.1, 0.15) is 30.6 Å². The molecule has 0 bridgehead atoms. The molecular weight excluding hydrogens is 350 g/mol. The molecule has 1 unspecified atom stereocenters. The summed E-state index contributed by atoms with van der Waals surface area (Å²) in [7, 11) is 1.66. The topological polar surface area (TPSA) is 66.5 Å². The zero-order chi connectivity index (χ0) is 18.5. The molecular formula is C18H28N5O2S+. The van der Waals surface area contributed by atoms with Gasteiger partial charge in [-0.25, -0.2) is 0 Å². The summed E-state index contributed by atoms with van der Waals surface area (Å²) in [4.78, 5) is 1.62. The van der Waals surface area contributed by atoms with Gasteiger partial charge in [0.05, 0.1) is 20.3 Å². The fraction of sp³-hybridized carbons (Fsp3) is 0.611. The Kier molecular flexibility index (Phi) is 6.50. The third kappa shape index (κ3) is 4.75. The SMILES string of the molecule is COc1ccc(C)cc1-n1nnnc1SC[C@@H]1C[NH+](CC(C)C)CCO1. The molecule has 0 amide bonds. The third-order valence-corrected chi connectivity index (χ3v) is 5.48. The van der Waals surface area contributed by atoms with Crippen LogP contribution in [0, 0.1) is 12.8 Å². The molecule has 2 atom stereocenters. The van der Waals surface area contributed by atoms with E-state index in [4.69, 9.17) is 9.47 Å². The number of quaternary nitrogens is 1.